The molecule has 0 heterocycles. The van der Waals surface area contributed by atoms with Crippen LogP contribution in [0, 0.1) is 0 Å². The molecule has 0 aliphatic heterocycles. The van der Waals surface area contributed by atoms with Gasteiger partial charge in [0.25, 0.3) is 0 Å². The van der Waals surface area contributed by atoms with E-state index in [1.165, 1.54) is 50.8 Å². The number of hydrogen-bond acceptors (Lipinski definition) is 1. The molecular weight excluding hydrogens is 234 g/mol. The molecule has 0 aromatic heterocycles. The zero-order chi connectivity index (χ0) is 14.1. The van der Waals surface area contributed by atoms with Crippen LogP contribution in [0.3, 0.4) is 0 Å². The number of ether oxygens (including phenoxy) is 1. The molecule has 0 aliphatic carbocycles. The molecule has 1 rings (SSSR count). The number of nitrogens with zero attached hydrogens (tertiary/aromatic N) is 1. The van der Waals surface area contributed by atoms with Crippen molar-refractivity contribution >= 4 is 5.69 Å². The molecule has 0 amide bonds. The molecule has 0 spiro atoms. The minimum atomic E-state index is 0.934. The second kappa shape index (κ2) is 8.21. The highest BCUT2D eigenvalue weighted by molar-refractivity contribution is 5.45. The van der Waals surface area contributed by atoms with Gasteiger partial charge in [-0.2, -0.15) is 0 Å². The first-order chi connectivity index (χ1) is 9.10. The van der Waals surface area contributed by atoms with Gasteiger partial charge in [-0.05, 0) is 25.0 Å². The summed E-state index contributed by atoms with van der Waals surface area (Å²) in [5.74, 6) is 0.934. The minimum Gasteiger partial charge on any atom is -0.497 e. The Labute approximate surface area is 119 Å². The van der Waals surface area contributed by atoms with Crippen molar-refractivity contribution in [3.8, 4) is 5.75 Å². The summed E-state index contributed by atoms with van der Waals surface area (Å²) in [7, 11) is 6.28. The maximum atomic E-state index is 5.21. The van der Waals surface area contributed by atoms with Crippen LogP contribution in [0.4, 0.5) is 5.69 Å². The summed E-state index contributed by atoms with van der Waals surface area (Å²) < 4.78 is 6.17. The standard InChI is InChI=1S/C17H30NO/c1-5-6-7-8-9-10-15-18(2,3)16-11-13-17(19-4)14-12-16/h11-14H,5-10,15H2,1-4H3/q+1. The van der Waals surface area contributed by atoms with Crippen molar-refractivity contribution in [3.05, 3.63) is 24.3 Å². The van der Waals surface area contributed by atoms with E-state index in [9.17, 15) is 0 Å². The van der Waals surface area contributed by atoms with Crippen molar-refractivity contribution in [2.24, 2.45) is 0 Å². The van der Waals surface area contributed by atoms with Gasteiger partial charge in [-0.3, -0.25) is 4.48 Å². The molecule has 0 saturated carbocycles. The summed E-state index contributed by atoms with van der Waals surface area (Å²) in [6.45, 7) is 3.47. The summed E-state index contributed by atoms with van der Waals surface area (Å²) in [6.07, 6.45) is 8.16. The Bertz CT molecular complexity index is 343. The molecule has 1 aromatic rings. The van der Waals surface area contributed by atoms with Crippen molar-refractivity contribution in [2.45, 2.75) is 45.4 Å². The second-order valence-electron chi connectivity index (χ2n) is 5.87. The lowest BCUT2D eigenvalue weighted by molar-refractivity contribution is 0.379. The number of quaternary nitrogens is 1. The lowest BCUT2D eigenvalue weighted by atomic mass is 10.1. The van der Waals surface area contributed by atoms with E-state index in [2.05, 4.69) is 45.3 Å². The van der Waals surface area contributed by atoms with E-state index in [0.717, 1.165) is 10.2 Å². The predicted octanol–water partition coefficient (Wildman–Crippen LogP) is 4.62. The molecule has 2 nitrogen and oxygen atoms in total. The molecule has 1 aromatic carbocycles. The summed E-state index contributed by atoms with van der Waals surface area (Å²) >= 11 is 0. The molecule has 19 heavy (non-hydrogen) atoms. The van der Waals surface area contributed by atoms with Gasteiger partial charge in [0.05, 0.1) is 27.7 Å². The van der Waals surface area contributed by atoms with Crippen LogP contribution >= 0.6 is 0 Å². The zero-order valence-electron chi connectivity index (χ0n) is 13.1. The SMILES string of the molecule is CCCCCCCC[N+](C)(C)c1ccc(OC)cc1. The van der Waals surface area contributed by atoms with Gasteiger partial charge in [0.1, 0.15) is 11.4 Å². The van der Waals surface area contributed by atoms with E-state index in [1.54, 1.807) is 7.11 Å². The number of methoxy groups -OCH3 is 1. The van der Waals surface area contributed by atoms with Crippen molar-refractivity contribution in [1.29, 1.82) is 0 Å². The van der Waals surface area contributed by atoms with Crippen LogP contribution < -0.4 is 9.22 Å². The third-order valence-electron chi connectivity index (χ3n) is 3.84. The zero-order valence-corrected chi connectivity index (χ0v) is 13.1. The smallest absolute Gasteiger partial charge is 0.132 e. The number of hydrogen-bond donors (Lipinski definition) is 0. The number of benzene rings is 1. The van der Waals surface area contributed by atoms with Crippen molar-refractivity contribution in [1.82, 2.24) is 4.48 Å². The average molecular weight is 264 g/mol. The first kappa shape index (κ1) is 16.0. The lowest BCUT2D eigenvalue weighted by Crippen LogP contribution is -2.41. The third kappa shape index (κ3) is 5.65. The van der Waals surface area contributed by atoms with Crippen LogP contribution in [0.2, 0.25) is 0 Å². The molecular formula is C17H30NO+. The molecule has 0 saturated heterocycles. The first-order valence-corrected chi connectivity index (χ1v) is 7.58. The Hall–Kier alpha value is -1.02. The van der Waals surface area contributed by atoms with E-state index in [-0.39, 0.29) is 0 Å². The Morgan fingerprint density at radius 1 is 0.895 bits per heavy atom. The van der Waals surface area contributed by atoms with Crippen LogP contribution in [-0.4, -0.2) is 27.7 Å². The van der Waals surface area contributed by atoms with Crippen LogP contribution in [0.15, 0.2) is 24.3 Å². The fraction of sp³-hybridized carbons (Fsp3) is 0.647. The number of rotatable bonds is 9. The predicted molar refractivity (Wildman–Crippen MR) is 84.9 cm³/mol. The quantitative estimate of drug-likeness (QED) is 0.467. The molecule has 0 atom stereocenters. The molecule has 0 fully saturated rings. The highest BCUT2D eigenvalue weighted by Gasteiger charge is 2.17. The van der Waals surface area contributed by atoms with E-state index < -0.39 is 0 Å². The van der Waals surface area contributed by atoms with Gasteiger partial charge in [0.15, 0.2) is 0 Å². The number of unbranched alkanes of at least 4 members (excludes halogenated alkanes) is 5. The highest BCUT2D eigenvalue weighted by Crippen LogP contribution is 2.23. The molecule has 108 valence electrons. The van der Waals surface area contributed by atoms with E-state index in [4.69, 9.17) is 4.74 Å². The third-order valence-corrected chi connectivity index (χ3v) is 3.84. The largest absolute Gasteiger partial charge is 0.497 e. The minimum absolute atomic E-state index is 0.934. The highest BCUT2D eigenvalue weighted by atomic mass is 16.5. The fourth-order valence-electron chi connectivity index (χ4n) is 2.40. The van der Waals surface area contributed by atoms with Crippen LogP contribution in [0.25, 0.3) is 0 Å². The van der Waals surface area contributed by atoms with Crippen LogP contribution in [0.1, 0.15) is 45.4 Å². The summed E-state index contributed by atoms with van der Waals surface area (Å²) in [5.41, 5.74) is 1.36. The van der Waals surface area contributed by atoms with E-state index in [1.807, 2.05) is 0 Å². The molecule has 0 radical (unpaired) electrons. The summed E-state index contributed by atoms with van der Waals surface area (Å²) in [6, 6.07) is 8.46. The first-order valence-electron chi connectivity index (χ1n) is 7.58. The van der Waals surface area contributed by atoms with Crippen LogP contribution in [-0.2, 0) is 0 Å². The van der Waals surface area contributed by atoms with Crippen molar-refractivity contribution < 1.29 is 4.74 Å². The van der Waals surface area contributed by atoms with Gasteiger partial charge in [-0.1, -0.05) is 32.6 Å². The van der Waals surface area contributed by atoms with Gasteiger partial charge >= 0.3 is 0 Å². The molecule has 0 N–H and O–H groups in total. The van der Waals surface area contributed by atoms with Gasteiger partial charge < -0.3 is 4.74 Å². The monoisotopic (exact) mass is 264 g/mol. The van der Waals surface area contributed by atoms with Gasteiger partial charge in [-0.25, -0.2) is 0 Å². The Balaban J connectivity index is 2.37. The summed E-state index contributed by atoms with van der Waals surface area (Å²) in [5, 5.41) is 0. The molecule has 0 unspecified atom stereocenters. The second-order valence-corrected chi connectivity index (χ2v) is 5.87. The maximum absolute atomic E-state index is 5.21. The van der Waals surface area contributed by atoms with Gasteiger partial charge in [0, 0.05) is 12.1 Å². The molecule has 0 bridgehead atoms. The van der Waals surface area contributed by atoms with Gasteiger partial charge in [-0.15, -0.1) is 0 Å². The topological polar surface area (TPSA) is 9.23 Å². The van der Waals surface area contributed by atoms with Gasteiger partial charge in [0.2, 0.25) is 0 Å². The van der Waals surface area contributed by atoms with E-state index >= 15 is 0 Å². The van der Waals surface area contributed by atoms with E-state index in [0.29, 0.717) is 0 Å². The Kier molecular flexibility index (Phi) is 6.93. The average Bonchev–Trinajstić information content (AvgIpc) is 2.43. The van der Waals surface area contributed by atoms with Crippen molar-refractivity contribution in [3.63, 3.8) is 0 Å². The van der Waals surface area contributed by atoms with Crippen LogP contribution in [0.5, 0.6) is 5.75 Å². The molecule has 2 heteroatoms. The van der Waals surface area contributed by atoms with Crippen molar-refractivity contribution in [2.75, 3.05) is 27.7 Å². The Morgan fingerprint density at radius 2 is 1.47 bits per heavy atom. The summed E-state index contributed by atoms with van der Waals surface area (Å²) in [4.78, 5) is 0. The normalized spacial score (nSPS) is 11.6. The lowest BCUT2D eigenvalue weighted by Gasteiger charge is -2.29. The maximum Gasteiger partial charge on any atom is 0.132 e. The Morgan fingerprint density at radius 3 is 2.05 bits per heavy atom. The fourth-order valence-corrected chi connectivity index (χ4v) is 2.40. The molecule has 0 aliphatic rings.